The van der Waals surface area contributed by atoms with E-state index < -0.39 is 23.7 Å². The van der Waals surface area contributed by atoms with Gasteiger partial charge in [0.2, 0.25) is 0 Å². The Bertz CT molecular complexity index is 169. The summed E-state index contributed by atoms with van der Waals surface area (Å²) in [6, 6.07) is 10.4. The minimum absolute atomic E-state index is 0. The van der Waals surface area contributed by atoms with Gasteiger partial charge in [-0.25, -0.2) is 0 Å². The van der Waals surface area contributed by atoms with Crippen LogP contribution in [0.4, 0.5) is 0 Å². The molecule has 0 N–H and O–H groups in total. The normalized spacial score (nSPS) is 7.36. The molecule has 0 fully saturated rings. The van der Waals surface area contributed by atoms with Crippen molar-refractivity contribution in [3.05, 3.63) is 30.3 Å². The number of hydrogen-bond acceptors (Lipinski definition) is 1. The maximum Gasteiger partial charge on any atom is -0.147 e. The number of hydrogen-bond donors (Lipinski definition) is 0. The van der Waals surface area contributed by atoms with Gasteiger partial charge in [-0.1, -0.05) is 0 Å². The van der Waals surface area contributed by atoms with Gasteiger partial charge in [-0.05, 0) is 0 Å². The molecule has 0 saturated heterocycles. The Morgan fingerprint density at radius 3 is 2.09 bits per heavy atom. The molecule has 0 unspecified atom stereocenters. The molecule has 1 aromatic carbocycles. The predicted octanol–water partition coefficient (Wildman–Crippen LogP) is 1.80. The SMILES string of the molecule is C[O][Zr][c]1ccccc1.Cl.Cl. The smallest absolute Gasteiger partial charge is 0.147 e. The van der Waals surface area contributed by atoms with Crippen molar-refractivity contribution in [2.75, 3.05) is 7.11 Å². The summed E-state index contributed by atoms with van der Waals surface area (Å²) in [7, 11) is 1.78. The molecule has 4 heteroatoms. The summed E-state index contributed by atoms with van der Waals surface area (Å²) in [6.45, 7) is 0. The van der Waals surface area contributed by atoms with E-state index in [1.54, 1.807) is 7.11 Å². The first-order valence-corrected chi connectivity index (χ1v) is 5.01. The molecule has 1 aromatic rings. The fraction of sp³-hybridized carbons (Fsp3) is 0.143. The van der Waals surface area contributed by atoms with Crippen molar-refractivity contribution in [2.24, 2.45) is 0 Å². The Hall–Kier alpha value is 0.643. The third-order valence-corrected chi connectivity index (χ3v) is 2.89. The van der Waals surface area contributed by atoms with Gasteiger partial charge < -0.3 is 0 Å². The second-order valence-electron chi connectivity index (χ2n) is 1.67. The number of rotatable bonds is 2. The van der Waals surface area contributed by atoms with Gasteiger partial charge in [0.1, 0.15) is 0 Å². The topological polar surface area (TPSA) is 9.23 Å². The van der Waals surface area contributed by atoms with Crippen LogP contribution in [0.2, 0.25) is 0 Å². The second-order valence-corrected chi connectivity index (χ2v) is 4.60. The molecule has 0 spiro atoms. The first kappa shape index (κ1) is 14.2. The van der Waals surface area contributed by atoms with E-state index in [0.29, 0.717) is 0 Å². The molecule has 0 aromatic heterocycles. The van der Waals surface area contributed by atoms with Crippen molar-refractivity contribution >= 4 is 28.1 Å². The molecule has 1 rings (SSSR count). The standard InChI is InChI=1S/C6H5.CH3O.2ClH.Zr/c1-2-4-6-5-3-1;1-2;;;/h1-5H;1H3;2*1H;/q;-1;;;+1. The monoisotopic (exact) mass is 270 g/mol. The van der Waals surface area contributed by atoms with E-state index in [1.165, 1.54) is 3.27 Å². The molecule has 0 radical (unpaired) electrons. The molecule has 11 heavy (non-hydrogen) atoms. The van der Waals surface area contributed by atoms with E-state index in [1.807, 2.05) is 6.07 Å². The maximum absolute atomic E-state index is 5.10. The molecule has 1 nitrogen and oxygen atoms in total. The van der Waals surface area contributed by atoms with E-state index in [2.05, 4.69) is 24.3 Å². The second kappa shape index (κ2) is 8.74. The molecular weight excluding hydrogens is 262 g/mol. The maximum atomic E-state index is 5.10. The summed E-state index contributed by atoms with van der Waals surface area (Å²) in [6.07, 6.45) is 0. The van der Waals surface area contributed by atoms with E-state index in [9.17, 15) is 0 Å². The summed E-state index contributed by atoms with van der Waals surface area (Å²) in [5.41, 5.74) is 0. The quantitative estimate of drug-likeness (QED) is 0.797. The van der Waals surface area contributed by atoms with Gasteiger partial charge in [0.05, 0.1) is 0 Å². The molecule has 0 atom stereocenters. The van der Waals surface area contributed by atoms with Gasteiger partial charge in [-0.15, -0.1) is 24.8 Å². The van der Waals surface area contributed by atoms with Crippen LogP contribution in [0.5, 0.6) is 0 Å². The molecule has 0 amide bonds. The molecule has 0 heterocycles. The van der Waals surface area contributed by atoms with Crippen LogP contribution in [0.15, 0.2) is 30.3 Å². The van der Waals surface area contributed by atoms with Gasteiger partial charge >= 0.3 is 67.2 Å². The van der Waals surface area contributed by atoms with Crippen LogP contribution < -0.4 is 3.27 Å². The van der Waals surface area contributed by atoms with E-state index in [4.69, 9.17) is 2.81 Å². The predicted molar refractivity (Wildman–Crippen MR) is 47.6 cm³/mol. The average Bonchev–Trinajstić information content (AvgIpc) is 1.91. The van der Waals surface area contributed by atoms with Gasteiger partial charge in [-0.2, -0.15) is 0 Å². The summed E-state index contributed by atoms with van der Waals surface area (Å²) in [4.78, 5) is 0. The van der Waals surface area contributed by atoms with Gasteiger partial charge in [0.25, 0.3) is 0 Å². The van der Waals surface area contributed by atoms with Gasteiger partial charge in [-0.3, -0.25) is 0 Å². The van der Waals surface area contributed by atoms with Crippen molar-refractivity contribution < 1.29 is 26.5 Å². The zero-order valence-corrected chi connectivity index (χ0v) is 10.2. The van der Waals surface area contributed by atoms with Gasteiger partial charge in [0.15, 0.2) is 0 Å². The third kappa shape index (κ3) is 5.87. The van der Waals surface area contributed by atoms with Crippen molar-refractivity contribution in [1.29, 1.82) is 0 Å². The minimum Gasteiger partial charge on any atom is -0.147 e. The third-order valence-electron chi connectivity index (χ3n) is 0.994. The van der Waals surface area contributed by atoms with Crippen LogP contribution in [0, 0.1) is 0 Å². The summed E-state index contributed by atoms with van der Waals surface area (Å²) in [5.74, 6) is 0. The van der Waals surface area contributed by atoms with E-state index in [0.717, 1.165) is 0 Å². The van der Waals surface area contributed by atoms with Crippen LogP contribution in [-0.4, -0.2) is 7.11 Å². The minimum atomic E-state index is -0.650. The Kier molecular flexibility index (Phi) is 11.3. The van der Waals surface area contributed by atoms with Crippen LogP contribution in [0.25, 0.3) is 0 Å². The van der Waals surface area contributed by atoms with Crippen LogP contribution in [0.3, 0.4) is 0 Å². The Morgan fingerprint density at radius 1 is 1.09 bits per heavy atom. The molecule has 0 aliphatic rings. The Morgan fingerprint density at radius 2 is 1.64 bits per heavy atom. The molecular formula is C7H10Cl2OZr. The molecule has 62 valence electrons. The fourth-order valence-corrected chi connectivity index (χ4v) is 2.01. The molecule has 0 saturated carbocycles. The largest absolute Gasteiger partial charge is 0.147 e. The zero-order chi connectivity index (χ0) is 6.53. The average molecular weight is 272 g/mol. The van der Waals surface area contributed by atoms with Crippen LogP contribution in [0.1, 0.15) is 0 Å². The van der Waals surface area contributed by atoms with E-state index >= 15 is 0 Å². The molecule has 0 bridgehead atoms. The van der Waals surface area contributed by atoms with E-state index in [-0.39, 0.29) is 24.8 Å². The van der Waals surface area contributed by atoms with Crippen LogP contribution in [-0.2, 0) is 26.5 Å². The Labute approximate surface area is 91.5 Å². The molecule has 0 aliphatic heterocycles. The summed E-state index contributed by atoms with van der Waals surface area (Å²) < 4.78 is 6.49. The van der Waals surface area contributed by atoms with Crippen molar-refractivity contribution in [1.82, 2.24) is 0 Å². The van der Waals surface area contributed by atoms with Crippen molar-refractivity contribution in [3.63, 3.8) is 0 Å². The number of halogens is 2. The Balaban J connectivity index is 0. The van der Waals surface area contributed by atoms with Crippen molar-refractivity contribution in [2.45, 2.75) is 0 Å². The first-order chi connectivity index (χ1) is 4.43. The first-order valence-electron chi connectivity index (χ1n) is 2.77. The van der Waals surface area contributed by atoms with Gasteiger partial charge in [0, 0.05) is 0 Å². The summed E-state index contributed by atoms with van der Waals surface area (Å²) >= 11 is -0.650. The summed E-state index contributed by atoms with van der Waals surface area (Å²) in [5, 5.41) is 0. The van der Waals surface area contributed by atoms with Crippen molar-refractivity contribution in [3.8, 4) is 0 Å². The zero-order valence-electron chi connectivity index (χ0n) is 6.11. The number of benzene rings is 1. The van der Waals surface area contributed by atoms with Crippen LogP contribution >= 0.6 is 24.8 Å². The molecule has 0 aliphatic carbocycles. The fourth-order valence-electron chi connectivity index (χ4n) is 0.624.